The quantitative estimate of drug-likeness (QED) is 0.192. The number of piperidine rings is 1. The molecule has 0 saturated carbocycles. The number of aliphatic carboxylic acids is 1. The van der Waals surface area contributed by atoms with E-state index in [-0.39, 0.29) is 32.1 Å². The van der Waals surface area contributed by atoms with Gasteiger partial charge in [-0.3, -0.25) is 4.79 Å². The number of carbonyl (C=O) groups excluding carboxylic acids is 4. The van der Waals surface area contributed by atoms with Gasteiger partial charge in [0, 0.05) is 24.9 Å². The zero-order valence-corrected chi connectivity index (χ0v) is 28.1. The first-order valence-corrected chi connectivity index (χ1v) is 15.0. The Hall–Kier alpha value is -3.86. The maximum absolute atomic E-state index is 14.5. The number of hydrogen-bond donors (Lipinski definition) is 5. The van der Waals surface area contributed by atoms with Crippen LogP contribution in [0, 0.1) is 5.92 Å². The highest BCUT2D eigenvalue weighted by molar-refractivity contribution is 6.40. The molecule has 0 radical (unpaired) electrons. The highest BCUT2D eigenvalue weighted by Gasteiger charge is 2.51. The normalized spacial score (nSPS) is 19.5. The van der Waals surface area contributed by atoms with Crippen LogP contribution in [-0.4, -0.2) is 114 Å². The van der Waals surface area contributed by atoms with Gasteiger partial charge < -0.3 is 44.6 Å². The van der Waals surface area contributed by atoms with Crippen molar-refractivity contribution in [1.82, 2.24) is 25.1 Å². The monoisotopic (exact) mass is 653 g/mol. The van der Waals surface area contributed by atoms with E-state index in [4.69, 9.17) is 14.2 Å². The molecule has 1 aliphatic rings. The van der Waals surface area contributed by atoms with E-state index in [1.807, 2.05) is 0 Å². The lowest BCUT2D eigenvalue weighted by Gasteiger charge is -2.45. The van der Waals surface area contributed by atoms with E-state index >= 15 is 0 Å². The number of carboxylic acid groups (broad SMARTS) is 1. The Balaban J connectivity index is 2.66. The van der Waals surface area contributed by atoms with Crippen molar-refractivity contribution < 1.29 is 53.3 Å². The summed E-state index contributed by atoms with van der Waals surface area (Å²) >= 11 is 0. The molecule has 1 aromatic rings. The number of nitrogens with one attached hydrogen (secondary N) is 2. The van der Waals surface area contributed by atoms with Crippen LogP contribution in [0.2, 0.25) is 6.32 Å². The van der Waals surface area contributed by atoms with E-state index in [0.717, 1.165) is 4.90 Å². The van der Waals surface area contributed by atoms with E-state index in [1.165, 1.54) is 12.5 Å². The SMILES string of the molecule is CC(C)(C)OC(=O)N[C@]1(C(=O)O)C[C@H](CCB(O)O)CN(C(=O)[C@H](Cc2cnc[nH]2)N(C(=O)OC(C)(C)C)C(=O)OC(C)(C)C)C1. The van der Waals surface area contributed by atoms with Gasteiger partial charge in [0.15, 0.2) is 5.54 Å². The minimum absolute atomic E-state index is 0.0690. The van der Waals surface area contributed by atoms with E-state index in [0.29, 0.717) is 10.6 Å². The van der Waals surface area contributed by atoms with Crippen molar-refractivity contribution in [3.05, 3.63) is 18.2 Å². The van der Waals surface area contributed by atoms with Gasteiger partial charge >= 0.3 is 31.4 Å². The standard InChI is InChI=1S/C29H48BN5O11/c1-26(2,3)44-23(39)33-29(22(37)38)13-18(10-11-30(42)43)15-34(16-29)21(36)20(12-19-14-31-17-32-19)35(24(40)45-27(4,5)6)25(41)46-28(7,8)9/h14,17-18,20,42-43H,10-13,15-16H2,1-9H3,(H,31,32)(H,33,39)(H,37,38)/t18-,20-,29+/m0/s1. The molecule has 0 unspecified atom stereocenters. The molecule has 258 valence electrons. The Morgan fingerprint density at radius 1 is 1.02 bits per heavy atom. The van der Waals surface area contributed by atoms with E-state index in [2.05, 4.69) is 15.3 Å². The van der Waals surface area contributed by atoms with Gasteiger partial charge in [-0.1, -0.05) is 6.42 Å². The molecular weight excluding hydrogens is 605 g/mol. The molecule has 0 spiro atoms. The zero-order chi connectivity index (χ0) is 35.3. The zero-order valence-electron chi connectivity index (χ0n) is 28.1. The summed E-state index contributed by atoms with van der Waals surface area (Å²) in [5.74, 6) is -2.97. The van der Waals surface area contributed by atoms with Crippen LogP contribution in [0.1, 0.15) is 80.8 Å². The first-order valence-electron chi connectivity index (χ1n) is 15.0. The molecule has 2 heterocycles. The second-order valence-electron chi connectivity index (χ2n) is 14.5. The van der Waals surface area contributed by atoms with Gasteiger partial charge in [0.25, 0.3) is 0 Å². The van der Waals surface area contributed by atoms with Crippen LogP contribution in [-0.2, 0) is 30.2 Å². The molecule has 1 aromatic heterocycles. The van der Waals surface area contributed by atoms with Crippen LogP contribution < -0.4 is 5.32 Å². The van der Waals surface area contributed by atoms with Crippen molar-refractivity contribution in [1.29, 1.82) is 0 Å². The van der Waals surface area contributed by atoms with Gasteiger partial charge in [-0.15, -0.1) is 0 Å². The Bertz CT molecular complexity index is 1210. The molecule has 4 amide bonds. The van der Waals surface area contributed by atoms with Crippen LogP contribution >= 0.6 is 0 Å². The average Bonchev–Trinajstić information content (AvgIpc) is 3.36. The number of nitrogens with zero attached hydrogens (tertiary/aromatic N) is 3. The third-order valence-corrected chi connectivity index (χ3v) is 6.62. The second kappa shape index (κ2) is 14.7. The summed E-state index contributed by atoms with van der Waals surface area (Å²) in [6, 6.07) is -1.61. The number of carbonyl (C=O) groups is 5. The van der Waals surface area contributed by atoms with E-state index in [1.54, 1.807) is 62.3 Å². The fourth-order valence-corrected chi connectivity index (χ4v) is 4.92. The van der Waals surface area contributed by atoms with Crippen molar-refractivity contribution in [3.8, 4) is 0 Å². The number of H-pyrrole nitrogens is 1. The van der Waals surface area contributed by atoms with Gasteiger partial charge in [0.2, 0.25) is 5.91 Å². The number of amides is 4. The predicted molar refractivity (Wildman–Crippen MR) is 164 cm³/mol. The van der Waals surface area contributed by atoms with Crippen molar-refractivity contribution in [2.24, 2.45) is 5.92 Å². The van der Waals surface area contributed by atoms with Crippen LogP contribution in [0.3, 0.4) is 0 Å². The molecule has 1 saturated heterocycles. The van der Waals surface area contributed by atoms with Crippen molar-refractivity contribution in [3.63, 3.8) is 0 Å². The smallest absolute Gasteiger partial charge is 0.451 e. The lowest BCUT2D eigenvalue weighted by atomic mass is 9.74. The third kappa shape index (κ3) is 11.8. The molecule has 1 fully saturated rings. The number of likely N-dealkylation sites (tertiary alicyclic amines) is 1. The predicted octanol–water partition coefficient (Wildman–Crippen LogP) is 2.55. The second-order valence-corrected chi connectivity index (χ2v) is 14.5. The maximum Gasteiger partial charge on any atom is 0.451 e. The number of rotatable bonds is 9. The fourth-order valence-electron chi connectivity index (χ4n) is 4.92. The summed E-state index contributed by atoms with van der Waals surface area (Å²) in [5.41, 5.74) is -4.82. The summed E-state index contributed by atoms with van der Waals surface area (Å²) in [7, 11) is -1.70. The van der Waals surface area contributed by atoms with Crippen molar-refractivity contribution in [2.75, 3.05) is 13.1 Å². The number of aromatic amines is 1. The van der Waals surface area contributed by atoms with Gasteiger partial charge in [0.05, 0.1) is 12.9 Å². The minimum atomic E-state index is -2.07. The number of imidazole rings is 1. The molecule has 5 N–H and O–H groups in total. The summed E-state index contributed by atoms with van der Waals surface area (Å²) in [5, 5.41) is 31.9. The summed E-state index contributed by atoms with van der Waals surface area (Å²) in [4.78, 5) is 75.9. The minimum Gasteiger partial charge on any atom is -0.479 e. The largest absolute Gasteiger partial charge is 0.479 e. The van der Waals surface area contributed by atoms with Crippen LogP contribution in [0.15, 0.2) is 12.5 Å². The van der Waals surface area contributed by atoms with E-state index in [9.17, 15) is 39.1 Å². The molecule has 16 nitrogen and oxygen atoms in total. The van der Waals surface area contributed by atoms with E-state index < -0.39 is 78.1 Å². The molecule has 1 aliphatic heterocycles. The molecule has 46 heavy (non-hydrogen) atoms. The Kier molecular flexibility index (Phi) is 12.3. The number of hydrogen-bond acceptors (Lipinski definition) is 11. The Morgan fingerprint density at radius 2 is 1.57 bits per heavy atom. The summed E-state index contributed by atoms with van der Waals surface area (Å²) in [6.07, 6.45) is -1.16. The molecule has 3 atom stereocenters. The molecular formula is C29H48BN5O11. The van der Waals surface area contributed by atoms with Crippen LogP contribution in [0.25, 0.3) is 0 Å². The summed E-state index contributed by atoms with van der Waals surface area (Å²) in [6.45, 7) is 13.6. The number of imide groups is 1. The van der Waals surface area contributed by atoms with Crippen molar-refractivity contribution >= 4 is 37.3 Å². The highest BCUT2D eigenvalue weighted by Crippen LogP contribution is 2.32. The average molecular weight is 654 g/mol. The van der Waals surface area contributed by atoms with Crippen molar-refractivity contribution in [2.45, 2.75) is 116 Å². The Morgan fingerprint density at radius 3 is 2.00 bits per heavy atom. The molecule has 2 rings (SSSR count). The highest BCUT2D eigenvalue weighted by atomic mass is 16.6. The lowest BCUT2D eigenvalue weighted by molar-refractivity contribution is -0.153. The molecule has 0 bridgehead atoms. The number of alkyl carbamates (subject to hydrolysis) is 1. The number of carboxylic acids is 1. The third-order valence-electron chi connectivity index (χ3n) is 6.62. The van der Waals surface area contributed by atoms with Crippen LogP contribution in [0.5, 0.6) is 0 Å². The molecule has 17 heteroatoms. The Labute approximate surface area is 269 Å². The maximum atomic E-state index is 14.5. The number of ether oxygens (including phenoxy) is 3. The van der Waals surface area contributed by atoms with Gasteiger partial charge in [-0.2, -0.15) is 4.90 Å². The first-order chi connectivity index (χ1) is 20.9. The van der Waals surface area contributed by atoms with Gasteiger partial charge in [-0.25, -0.2) is 24.2 Å². The summed E-state index contributed by atoms with van der Waals surface area (Å²) < 4.78 is 16.3. The van der Waals surface area contributed by atoms with Gasteiger partial charge in [0.1, 0.15) is 22.8 Å². The molecule has 0 aromatic carbocycles. The molecule has 0 aliphatic carbocycles. The van der Waals surface area contributed by atoms with Gasteiger partial charge in [-0.05, 0) is 81.0 Å². The number of aromatic nitrogens is 2. The fraction of sp³-hybridized carbons (Fsp3) is 0.724. The first kappa shape index (κ1) is 38.3. The lowest BCUT2D eigenvalue weighted by Crippen LogP contribution is -2.68. The topological polar surface area (TPSA) is 221 Å². The van der Waals surface area contributed by atoms with Crippen LogP contribution in [0.4, 0.5) is 14.4 Å².